The van der Waals surface area contributed by atoms with Crippen LogP contribution in [0.3, 0.4) is 0 Å². The summed E-state index contributed by atoms with van der Waals surface area (Å²) in [6.45, 7) is 0. The van der Waals surface area contributed by atoms with E-state index in [0.717, 1.165) is 4.77 Å². The van der Waals surface area contributed by atoms with Crippen LogP contribution in [0.2, 0.25) is 0 Å². The van der Waals surface area contributed by atoms with E-state index >= 15 is 0 Å². The standard InChI is InChI=1S/C8H12N2S/c11-8-9-5-6-10(8)7-3-1-2-4-7/h5-7H,1-4H2,(H,9,11). The molecule has 1 aliphatic carbocycles. The van der Waals surface area contributed by atoms with Gasteiger partial charge in [-0.15, -0.1) is 0 Å². The number of H-pyrrole nitrogens is 1. The molecule has 2 rings (SSSR count). The van der Waals surface area contributed by atoms with Crippen LogP contribution in [0.1, 0.15) is 31.7 Å². The van der Waals surface area contributed by atoms with E-state index in [9.17, 15) is 0 Å². The molecule has 1 N–H and O–H groups in total. The summed E-state index contributed by atoms with van der Waals surface area (Å²) in [7, 11) is 0. The van der Waals surface area contributed by atoms with Crippen molar-refractivity contribution in [1.82, 2.24) is 9.55 Å². The summed E-state index contributed by atoms with van der Waals surface area (Å²) >= 11 is 5.13. The largest absolute Gasteiger partial charge is 0.337 e. The third kappa shape index (κ3) is 1.25. The molecule has 0 amide bonds. The number of imidazole rings is 1. The number of nitrogens with one attached hydrogen (secondary N) is 1. The van der Waals surface area contributed by atoms with Gasteiger partial charge < -0.3 is 9.55 Å². The van der Waals surface area contributed by atoms with Gasteiger partial charge in [0, 0.05) is 18.4 Å². The van der Waals surface area contributed by atoms with Crippen LogP contribution in [0.5, 0.6) is 0 Å². The monoisotopic (exact) mass is 168 g/mol. The van der Waals surface area contributed by atoms with Gasteiger partial charge in [0.05, 0.1) is 0 Å². The Morgan fingerprint density at radius 2 is 2.18 bits per heavy atom. The highest BCUT2D eigenvalue weighted by molar-refractivity contribution is 7.71. The molecule has 3 heteroatoms. The van der Waals surface area contributed by atoms with E-state index in [0.29, 0.717) is 6.04 Å². The molecule has 0 aromatic carbocycles. The van der Waals surface area contributed by atoms with Crippen molar-refractivity contribution >= 4 is 12.2 Å². The first kappa shape index (κ1) is 7.10. The second kappa shape index (κ2) is 2.81. The van der Waals surface area contributed by atoms with Crippen molar-refractivity contribution in [2.75, 3.05) is 0 Å². The molecule has 1 fully saturated rings. The second-order valence-electron chi connectivity index (χ2n) is 3.11. The van der Waals surface area contributed by atoms with Gasteiger partial charge in [0.15, 0.2) is 4.77 Å². The lowest BCUT2D eigenvalue weighted by Gasteiger charge is -2.09. The Morgan fingerprint density at radius 3 is 2.73 bits per heavy atom. The van der Waals surface area contributed by atoms with Crippen LogP contribution in [-0.2, 0) is 0 Å². The first-order valence-corrected chi connectivity index (χ1v) is 4.54. The molecular weight excluding hydrogens is 156 g/mol. The molecule has 60 valence electrons. The van der Waals surface area contributed by atoms with Crippen LogP contribution in [0, 0.1) is 4.77 Å². The fraction of sp³-hybridized carbons (Fsp3) is 0.625. The Hall–Kier alpha value is -0.570. The van der Waals surface area contributed by atoms with Crippen molar-refractivity contribution in [3.05, 3.63) is 17.2 Å². The number of rotatable bonds is 1. The maximum absolute atomic E-state index is 5.13. The smallest absolute Gasteiger partial charge is 0.177 e. The number of nitrogens with zero attached hydrogens (tertiary/aromatic N) is 1. The van der Waals surface area contributed by atoms with Gasteiger partial charge in [-0.05, 0) is 25.1 Å². The van der Waals surface area contributed by atoms with Crippen LogP contribution in [0.4, 0.5) is 0 Å². The Bertz CT molecular complexity index is 280. The van der Waals surface area contributed by atoms with Gasteiger partial charge in [-0.3, -0.25) is 0 Å². The molecular formula is C8H12N2S. The Labute approximate surface area is 71.2 Å². The third-order valence-electron chi connectivity index (χ3n) is 2.39. The maximum atomic E-state index is 5.13. The van der Waals surface area contributed by atoms with E-state index in [1.165, 1.54) is 25.7 Å². The average Bonchev–Trinajstić information content (AvgIpc) is 2.55. The first-order valence-electron chi connectivity index (χ1n) is 4.13. The van der Waals surface area contributed by atoms with Crippen LogP contribution in [-0.4, -0.2) is 9.55 Å². The van der Waals surface area contributed by atoms with E-state index in [4.69, 9.17) is 12.2 Å². The van der Waals surface area contributed by atoms with Crippen molar-refractivity contribution in [3.63, 3.8) is 0 Å². The lowest BCUT2D eigenvalue weighted by Crippen LogP contribution is -2.02. The number of aromatic nitrogens is 2. The molecule has 0 atom stereocenters. The first-order chi connectivity index (χ1) is 5.38. The molecule has 1 saturated carbocycles. The molecule has 1 aliphatic rings. The van der Waals surface area contributed by atoms with Gasteiger partial charge in [-0.25, -0.2) is 0 Å². The van der Waals surface area contributed by atoms with E-state index in [1.807, 2.05) is 6.20 Å². The summed E-state index contributed by atoms with van der Waals surface area (Å²) in [5.41, 5.74) is 0. The van der Waals surface area contributed by atoms with Crippen molar-refractivity contribution in [1.29, 1.82) is 0 Å². The predicted octanol–water partition coefficient (Wildman–Crippen LogP) is 2.66. The number of hydrogen-bond acceptors (Lipinski definition) is 1. The zero-order valence-corrected chi connectivity index (χ0v) is 7.23. The zero-order chi connectivity index (χ0) is 7.68. The minimum absolute atomic E-state index is 0.675. The summed E-state index contributed by atoms with van der Waals surface area (Å²) in [6.07, 6.45) is 9.28. The molecule has 0 unspecified atom stereocenters. The quantitative estimate of drug-likeness (QED) is 0.639. The topological polar surface area (TPSA) is 20.7 Å². The van der Waals surface area contributed by atoms with Crippen LogP contribution in [0.25, 0.3) is 0 Å². The minimum Gasteiger partial charge on any atom is -0.337 e. The molecule has 0 radical (unpaired) electrons. The van der Waals surface area contributed by atoms with E-state index in [2.05, 4.69) is 15.7 Å². The molecule has 0 bridgehead atoms. The Balaban J connectivity index is 2.28. The van der Waals surface area contributed by atoms with Crippen molar-refractivity contribution in [2.45, 2.75) is 31.7 Å². The van der Waals surface area contributed by atoms with Gasteiger partial charge in [0.1, 0.15) is 0 Å². The Kier molecular flexibility index (Phi) is 1.82. The molecule has 2 nitrogen and oxygen atoms in total. The van der Waals surface area contributed by atoms with Crippen LogP contribution >= 0.6 is 12.2 Å². The lowest BCUT2D eigenvalue weighted by molar-refractivity contribution is 0.512. The summed E-state index contributed by atoms with van der Waals surface area (Å²) in [4.78, 5) is 3.02. The highest BCUT2D eigenvalue weighted by Crippen LogP contribution is 2.29. The maximum Gasteiger partial charge on any atom is 0.177 e. The third-order valence-corrected chi connectivity index (χ3v) is 2.72. The summed E-state index contributed by atoms with van der Waals surface area (Å²) in [5, 5.41) is 0. The molecule has 1 heterocycles. The molecule has 0 spiro atoms. The van der Waals surface area contributed by atoms with Gasteiger partial charge in [-0.1, -0.05) is 12.8 Å². The van der Waals surface area contributed by atoms with E-state index in [1.54, 1.807) is 0 Å². The minimum atomic E-state index is 0.675. The number of aromatic amines is 1. The lowest BCUT2D eigenvalue weighted by atomic mass is 10.2. The van der Waals surface area contributed by atoms with Gasteiger partial charge in [0.2, 0.25) is 0 Å². The highest BCUT2D eigenvalue weighted by Gasteiger charge is 2.16. The van der Waals surface area contributed by atoms with E-state index < -0.39 is 0 Å². The van der Waals surface area contributed by atoms with Crippen molar-refractivity contribution in [2.24, 2.45) is 0 Å². The van der Waals surface area contributed by atoms with Crippen molar-refractivity contribution < 1.29 is 0 Å². The fourth-order valence-corrected chi connectivity index (χ4v) is 2.08. The molecule has 11 heavy (non-hydrogen) atoms. The summed E-state index contributed by atoms with van der Waals surface area (Å²) in [6, 6.07) is 0.675. The summed E-state index contributed by atoms with van der Waals surface area (Å²) < 4.78 is 3.06. The van der Waals surface area contributed by atoms with Crippen LogP contribution in [0.15, 0.2) is 12.4 Å². The number of hydrogen-bond donors (Lipinski definition) is 1. The van der Waals surface area contributed by atoms with E-state index in [-0.39, 0.29) is 0 Å². The molecule has 1 aromatic rings. The van der Waals surface area contributed by atoms with Crippen LogP contribution < -0.4 is 0 Å². The van der Waals surface area contributed by atoms with Crippen molar-refractivity contribution in [3.8, 4) is 0 Å². The SMILES string of the molecule is S=c1[nH]ccn1C1CCCC1. The van der Waals surface area contributed by atoms with Gasteiger partial charge in [-0.2, -0.15) is 0 Å². The molecule has 0 aliphatic heterocycles. The zero-order valence-electron chi connectivity index (χ0n) is 6.42. The highest BCUT2D eigenvalue weighted by atomic mass is 32.1. The Morgan fingerprint density at radius 1 is 1.45 bits per heavy atom. The predicted molar refractivity (Wildman–Crippen MR) is 47.1 cm³/mol. The molecule has 1 aromatic heterocycles. The van der Waals surface area contributed by atoms with Gasteiger partial charge in [0.25, 0.3) is 0 Å². The molecule has 0 saturated heterocycles. The summed E-state index contributed by atoms with van der Waals surface area (Å²) in [5.74, 6) is 0. The fourth-order valence-electron chi connectivity index (χ4n) is 1.80. The second-order valence-corrected chi connectivity index (χ2v) is 3.50. The van der Waals surface area contributed by atoms with Gasteiger partial charge >= 0.3 is 0 Å². The average molecular weight is 168 g/mol. The normalized spacial score (nSPS) is 19.3.